The Morgan fingerprint density at radius 3 is 2.75 bits per heavy atom. The quantitative estimate of drug-likeness (QED) is 0.882. The van der Waals surface area contributed by atoms with E-state index in [1.807, 2.05) is 36.1 Å². The van der Waals surface area contributed by atoms with E-state index in [9.17, 15) is 4.79 Å². The molecule has 5 nitrogen and oxygen atoms in total. The third kappa shape index (κ3) is 3.30. The average Bonchev–Trinajstić information content (AvgIpc) is 3.18. The van der Waals surface area contributed by atoms with Gasteiger partial charge in [-0.15, -0.1) is 0 Å². The van der Waals surface area contributed by atoms with Crippen LogP contribution in [0.2, 0.25) is 0 Å². The molecule has 3 rings (SSSR count). The molecule has 1 aliphatic rings. The molecule has 24 heavy (non-hydrogen) atoms. The summed E-state index contributed by atoms with van der Waals surface area (Å²) in [5, 5.41) is 7.13. The molecule has 2 heterocycles. The van der Waals surface area contributed by atoms with Crippen LogP contribution < -0.4 is 5.32 Å². The van der Waals surface area contributed by atoms with Crippen molar-refractivity contribution in [1.29, 1.82) is 0 Å². The smallest absolute Gasteiger partial charge is 0.322 e. The number of hydrogen-bond acceptors (Lipinski definition) is 3. The fourth-order valence-corrected chi connectivity index (χ4v) is 3.05. The van der Waals surface area contributed by atoms with E-state index in [4.69, 9.17) is 4.52 Å². The van der Waals surface area contributed by atoms with E-state index in [0.29, 0.717) is 5.92 Å². The van der Waals surface area contributed by atoms with Crippen molar-refractivity contribution < 1.29 is 9.32 Å². The number of anilines is 1. The number of carbonyl (C=O) groups is 1. The summed E-state index contributed by atoms with van der Waals surface area (Å²) in [6, 6.07) is 7.84. The molecule has 1 N–H and O–H groups in total. The number of nitrogens with one attached hydrogen (secondary N) is 1. The molecule has 2 aromatic rings. The Bertz CT molecular complexity index is 736. The van der Waals surface area contributed by atoms with Gasteiger partial charge in [-0.2, -0.15) is 0 Å². The monoisotopic (exact) mass is 327 g/mol. The number of hydrogen-bond donors (Lipinski definition) is 1. The van der Waals surface area contributed by atoms with Crippen LogP contribution >= 0.6 is 0 Å². The Morgan fingerprint density at radius 2 is 2.08 bits per heavy atom. The van der Waals surface area contributed by atoms with Gasteiger partial charge < -0.3 is 14.7 Å². The van der Waals surface area contributed by atoms with Gasteiger partial charge in [0.15, 0.2) is 5.76 Å². The summed E-state index contributed by atoms with van der Waals surface area (Å²) >= 11 is 0. The lowest BCUT2D eigenvalue weighted by Crippen LogP contribution is -2.34. The first-order valence-corrected chi connectivity index (χ1v) is 8.57. The highest BCUT2D eigenvalue weighted by molar-refractivity contribution is 5.90. The van der Waals surface area contributed by atoms with Gasteiger partial charge in [-0.25, -0.2) is 4.79 Å². The number of benzene rings is 1. The zero-order chi connectivity index (χ0) is 17.3. The van der Waals surface area contributed by atoms with E-state index in [2.05, 4.69) is 31.2 Å². The molecule has 0 spiro atoms. The third-order valence-electron chi connectivity index (χ3n) is 4.74. The van der Waals surface area contributed by atoms with Gasteiger partial charge >= 0.3 is 6.03 Å². The van der Waals surface area contributed by atoms with Crippen molar-refractivity contribution in [2.24, 2.45) is 0 Å². The predicted octanol–water partition coefficient (Wildman–Crippen LogP) is 4.78. The zero-order valence-electron chi connectivity index (χ0n) is 14.8. The van der Waals surface area contributed by atoms with Gasteiger partial charge in [0.25, 0.3) is 0 Å². The van der Waals surface area contributed by atoms with Crippen LogP contribution in [0.4, 0.5) is 10.5 Å². The van der Waals surface area contributed by atoms with Crippen molar-refractivity contribution in [3.63, 3.8) is 0 Å². The first kappa shape index (κ1) is 16.6. The number of nitrogens with zero attached hydrogens (tertiary/aromatic N) is 2. The third-order valence-corrected chi connectivity index (χ3v) is 4.74. The van der Waals surface area contributed by atoms with Crippen LogP contribution in [0.5, 0.6) is 0 Å². The van der Waals surface area contributed by atoms with Crippen LogP contribution in [0, 0.1) is 13.8 Å². The Morgan fingerprint density at radius 1 is 1.29 bits per heavy atom. The first-order chi connectivity index (χ1) is 11.5. The topological polar surface area (TPSA) is 58.4 Å². The van der Waals surface area contributed by atoms with Crippen LogP contribution in [0.25, 0.3) is 0 Å². The molecule has 0 bridgehead atoms. The van der Waals surface area contributed by atoms with Gasteiger partial charge in [-0.1, -0.05) is 25.1 Å². The molecule has 1 aromatic carbocycles. The van der Waals surface area contributed by atoms with Gasteiger partial charge in [0, 0.05) is 18.3 Å². The molecule has 5 heteroatoms. The molecule has 1 aliphatic heterocycles. The molecule has 1 saturated heterocycles. The maximum atomic E-state index is 12.7. The molecule has 0 radical (unpaired) electrons. The van der Waals surface area contributed by atoms with Gasteiger partial charge in [0.05, 0.1) is 11.7 Å². The highest BCUT2D eigenvalue weighted by Crippen LogP contribution is 2.33. The Hall–Kier alpha value is -2.30. The van der Waals surface area contributed by atoms with Gasteiger partial charge in [0.2, 0.25) is 0 Å². The Balaban J connectivity index is 1.74. The number of carbonyl (C=O) groups excluding carboxylic acids is 1. The minimum absolute atomic E-state index is 0.0310. The van der Waals surface area contributed by atoms with Crippen LogP contribution in [0.3, 0.4) is 0 Å². The number of rotatable bonds is 3. The highest BCUT2D eigenvalue weighted by atomic mass is 16.5. The lowest BCUT2D eigenvalue weighted by molar-refractivity contribution is 0.195. The molecule has 0 aliphatic carbocycles. The summed E-state index contributed by atoms with van der Waals surface area (Å²) < 4.78 is 5.50. The minimum Gasteiger partial charge on any atom is -0.359 e. The molecular weight excluding hydrogens is 302 g/mol. The van der Waals surface area contributed by atoms with E-state index in [-0.39, 0.29) is 12.1 Å². The van der Waals surface area contributed by atoms with E-state index >= 15 is 0 Å². The SMILES string of the molecule is Cc1ccc(NC(=O)N2CCC[C@@H]2c2cc(C(C)C)no2)cc1C. The molecule has 128 valence electrons. The van der Waals surface area contributed by atoms with Crippen molar-refractivity contribution in [2.45, 2.75) is 52.5 Å². The fraction of sp³-hybridized carbons (Fsp3) is 0.474. The highest BCUT2D eigenvalue weighted by Gasteiger charge is 2.33. The summed E-state index contributed by atoms with van der Waals surface area (Å²) in [6.07, 6.45) is 1.88. The largest absolute Gasteiger partial charge is 0.359 e. The molecule has 0 saturated carbocycles. The van der Waals surface area contributed by atoms with Crippen molar-refractivity contribution in [3.05, 3.63) is 46.8 Å². The number of urea groups is 1. The standard InChI is InChI=1S/C19H25N3O2/c1-12(2)16-11-18(24-21-16)17-6-5-9-22(17)19(23)20-15-8-7-13(3)14(4)10-15/h7-8,10-12,17H,5-6,9H2,1-4H3,(H,20,23)/t17-/m1/s1. The Kier molecular flexibility index (Phi) is 4.60. The maximum absolute atomic E-state index is 12.7. The second-order valence-electron chi connectivity index (χ2n) is 6.89. The van der Waals surface area contributed by atoms with E-state index in [1.54, 1.807) is 0 Å². The second kappa shape index (κ2) is 6.67. The minimum atomic E-state index is -0.0803. The lowest BCUT2D eigenvalue weighted by atomic mass is 10.1. The predicted molar refractivity (Wildman–Crippen MR) is 94.2 cm³/mol. The van der Waals surface area contributed by atoms with E-state index in [0.717, 1.165) is 36.5 Å². The molecule has 0 unspecified atom stereocenters. The van der Waals surface area contributed by atoms with Crippen molar-refractivity contribution in [1.82, 2.24) is 10.1 Å². The number of amides is 2. The molecule has 1 aromatic heterocycles. The van der Waals surface area contributed by atoms with Crippen molar-refractivity contribution in [2.75, 3.05) is 11.9 Å². The van der Waals surface area contributed by atoms with Gasteiger partial charge in [0.1, 0.15) is 0 Å². The van der Waals surface area contributed by atoms with Gasteiger partial charge in [-0.05, 0) is 55.9 Å². The number of aromatic nitrogens is 1. The summed E-state index contributed by atoms with van der Waals surface area (Å²) in [5.41, 5.74) is 4.15. The molecule has 1 fully saturated rings. The second-order valence-corrected chi connectivity index (χ2v) is 6.89. The summed E-state index contributed by atoms with van der Waals surface area (Å²) in [6.45, 7) is 9.01. The van der Waals surface area contributed by atoms with E-state index in [1.165, 1.54) is 11.1 Å². The normalized spacial score (nSPS) is 17.5. The van der Waals surface area contributed by atoms with Crippen molar-refractivity contribution >= 4 is 11.7 Å². The average molecular weight is 327 g/mol. The van der Waals surface area contributed by atoms with E-state index < -0.39 is 0 Å². The van der Waals surface area contributed by atoms with Crippen LogP contribution in [0.15, 0.2) is 28.8 Å². The van der Waals surface area contributed by atoms with Crippen LogP contribution in [0.1, 0.15) is 61.2 Å². The zero-order valence-corrected chi connectivity index (χ0v) is 14.8. The van der Waals surface area contributed by atoms with Crippen LogP contribution in [-0.2, 0) is 0 Å². The molecule has 1 atom stereocenters. The maximum Gasteiger partial charge on any atom is 0.322 e. The number of likely N-dealkylation sites (tertiary alicyclic amines) is 1. The van der Waals surface area contributed by atoms with Crippen molar-refractivity contribution in [3.8, 4) is 0 Å². The van der Waals surface area contributed by atoms with Gasteiger partial charge in [-0.3, -0.25) is 0 Å². The molecular formula is C19H25N3O2. The first-order valence-electron chi connectivity index (χ1n) is 8.57. The lowest BCUT2D eigenvalue weighted by Gasteiger charge is -2.23. The van der Waals surface area contributed by atoms with Crippen LogP contribution in [-0.4, -0.2) is 22.6 Å². The summed E-state index contributed by atoms with van der Waals surface area (Å²) in [4.78, 5) is 14.5. The molecule has 2 amide bonds. The number of aryl methyl sites for hydroxylation is 2. The summed E-state index contributed by atoms with van der Waals surface area (Å²) in [7, 11) is 0. The Labute approximate surface area is 143 Å². The fourth-order valence-electron chi connectivity index (χ4n) is 3.05. The summed E-state index contributed by atoms with van der Waals surface area (Å²) in [5.74, 6) is 1.10.